The van der Waals surface area contributed by atoms with Gasteiger partial charge >= 0.3 is 0 Å². The first-order valence-corrected chi connectivity index (χ1v) is 32.6. The van der Waals surface area contributed by atoms with E-state index in [1.54, 1.807) is 24.3 Å². The Morgan fingerprint density at radius 1 is 0.260 bits per heavy atom. The van der Waals surface area contributed by atoms with Gasteiger partial charge in [-0.25, -0.2) is 26.3 Å². The average Bonchev–Trinajstić information content (AvgIpc) is 1.53. The van der Waals surface area contributed by atoms with Gasteiger partial charge in [-0.15, -0.1) is 0 Å². The molecule has 0 heterocycles. The number of nitrogens with zero attached hydrogens (tertiary/aromatic N) is 2. The van der Waals surface area contributed by atoms with Crippen LogP contribution in [0.25, 0.3) is 45.5 Å². The van der Waals surface area contributed by atoms with Gasteiger partial charge in [0.15, 0.2) is 23.3 Å². The molecule has 4 nitrogen and oxygen atoms in total. The smallest absolute Gasteiger partial charge is 0.160 e. The van der Waals surface area contributed by atoms with E-state index in [-0.39, 0.29) is 11.6 Å². The van der Waals surface area contributed by atoms with E-state index in [1.807, 2.05) is 216 Å². The Kier molecular flexibility index (Phi) is 15.8. The van der Waals surface area contributed by atoms with Crippen molar-refractivity contribution in [2.24, 2.45) is 0 Å². The van der Waals surface area contributed by atoms with E-state index in [1.165, 1.54) is 36.4 Å². The predicted molar refractivity (Wildman–Crippen MR) is 389 cm³/mol. The fourth-order valence-electron chi connectivity index (χ4n) is 14.7. The van der Waals surface area contributed by atoms with E-state index in [4.69, 9.17) is 9.47 Å². The Balaban J connectivity index is 0.774. The molecule has 0 radical (unpaired) electrons. The molecule has 0 aliphatic heterocycles. The van der Waals surface area contributed by atoms with Crippen LogP contribution in [-0.4, -0.2) is 0 Å². The molecule has 2 aliphatic rings. The third kappa shape index (κ3) is 10.8. The Labute approximate surface area is 575 Å². The lowest BCUT2D eigenvalue weighted by atomic mass is 9.67. The maximum absolute atomic E-state index is 15.7. The molecule has 0 amide bonds. The van der Waals surface area contributed by atoms with Crippen molar-refractivity contribution in [3.8, 4) is 56.4 Å². The van der Waals surface area contributed by atoms with Gasteiger partial charge in [-0.1, -0.05) is 183 Å². The summed E-state index contributed by atoms with van der Waals surface area (Å²) in [6, 6.07) is 96.0. The van der Waals surface area contributed by atoms with Gasteiger partial charge in [0.25, 0.3) is 0 Å². The van der Waals surface area contributed by atoms with Gasteiger partial charge in [0.2, 0.25) is 0 Å². The molecule has 14 aromatic carbocycles. The van der Waals surface area contributed by atoms with Crippen molar-refractivity contribution >= 4 is 46.3 Å². The van der Waals surface area contributed by atoms with Gasteiger partial charge < -0.3 is 19.3 Å². The normalized spacial score (nSPS) is 14.7. The first kappa shape index (κ1) is 62.2. The highest BCUT2D eigenvalue weighted by atomic mass is 19.2. The molecule has 0 bridgehead atoms. The summed E-state index contributed by atoms with van der Waals surface area (Å²) in [5, 5.41) is 0. The highest BCUT2D eigenvalue weighted by molar-refractivity contribution is 5.92. The Bertz CT molecular complexity index is 5110. The number of rotatable bonds is 17. The van der Waals surface area contributed by atoms with Gasteiger partial charge in [-0.2, -0.15) is 0 Å². The molecule has 0 N–H and O–H groups in total. The summed E-state index contributed by atoms with van der Waals surface area (Å²) in [6.45, 7) is 7.73. The molecule has 0 fully saturated rings. The van der Waals surface area contributed by atoms with E-state index in [9.17, 15) is 0 Å². The van der Waals surface area contributed by atoms with Crippen molar-refractivity contribution in [3.63, 3.8) is 0 Å². The molecule has 0 aromatic heterocycles. The molecule has 10 heteroatoms. The van der Waals surface area contributed by atoms with Crippen LogP contribution in [0.2, 0.25) is 0 Å². The van der Waals surface area contributed by atoms with Crippen LogP contribution in [0.3, 0.4) is 0 Å². The highest BCUT2D eigenvalue weighted by Crippen LogP contribution is 2.60. The minimum Gasteiger partial charge on any atom is -0.457 e. The summed E-state index contributed by atoms with van der Waals surface area (Å²) >= 11 is 0. The van der Waals surface area contributed by atoms with Crippen molar-refractivity contribution in [3.05, 3.63) is 419 Å². The predicted octanol–water partition coefficient (Wildman–Crippen LogP) is 24.7. The first-order chi connectivity index (χ1) is 48.9. The quantitative estimate of drug-likeness (QED) is 0.0849. The van der Waals surface area contributed by atoms with Crippen LogP contribution >= 0.6 is 0 Å². The Morgan fingerprint density at radius 3 is 0.890 bits per heavy atom. The van der Waals surface area contributed by atoms with E-state index in [2.05, 4.69) is 61.7 Å². The maximum atomic E-state index is 15.7. The number of ether oxygens (including phenoxy) is 2. The number of halogens is 6. The first-order valence-electron chi connectivity index (χ1n) is 32.6. The second kappa shape index (κ2) is 25.4. The molecule has 0 spiro atoms. The molecule has 16 rings (SSSR count). The van der Waals surface area contributed by atoms with Gasteiger partial charge in [0.1, 0.15) is 34.6 Å². The molecule has 100 heavy (non-hydrogen) atoms. The SMILES string of the molecule is C=Cc1ccc(Oc2ccc(C3(c4ccc(F)cc4)c4ccccc4-c4ccc(N(c5ccc(-c6ccc(N(c7ccc(F)c(F)c7)c7ccc8c(c7)C(c7ccc(F)cc7)(c7ccc(Oc9ccc(C=C)cc9)cc7)c7ccccc7-8)cc6)cc5)c5ccc(F)c(F)c5)cc43)cc2)cc1. The molecule has 482 valence electrons. The molecule has 2 unspecified atom stereocenters. The van der Waals surface area contributed by atoms with Crippen molar-refractivity contribution in [2.75, 3.05) is 9.80 Å². The molecular formula is C90H58F6N2O2. The lowest BCUT2D eigenvalue weighted by Crippen LogP contribution is -2.29. The van der Waals surface area contributed by atoms with E-state index in [0.29, 0.717) is 57.1 Å². The number of hydrogen-bond donors (Lipinski definition) is 0. The number of hydrogen-bond acceptors (Lipinski definition) is 4. The van der Waals surface area contributed by atoms with Crippen LogP contribution in [0, 0.1) is 34.9 Å². The Hall–Kier alpha value is -12.7. The topological polar surface area (TPSA) is 24.9 Å². The fourth-order valence-corrected chi connectivity index (χ4v) is 14.7. The van der Waals surface area contributed by atoms with Gasteiger partial charge in [0.05, 0.1) is 10.8 Å². The second-order valence-electron chi connectivity index (χ2n) is 24.8. The number of benzene rings is 14. The number of anilines is 6. The van der Waals surface area contributed by atoms with Crippen LogP contribution in [-0.2, 0) is 10.8 Å². The van der Waals surface area contributed by atoms with Crippen molar-refractivity contribution in [1.29, 1.82) is 0 Å². The van der Waals surface area contributed by atoms with Crippen LogP contribution in [0.5, 0.6) is 23.0 Å². The van der Waals surface area contributed by atoms with Gasteiger partial charge in [-0.3, -0.25) is 0 Å². The Morgan fingerprint density at radius 2 is 0.550 bits per heavy atom. The van der Waals surface area contributed by atoms with Crippen LogP contribution < -0.4 is 19.3 Å². The largest absolute Gasteiger partial charge is 0.457 e. The zero-order valence-electron chi connectivity index (χ0n) is 53.6. The molecule has 0 saturated heterocycles. The molecule has 0 saturated carbocycles. The summed E-state index contributed by atoms with van der Waals surface area (Å²) < 4.78 is 104. The molecule has 2 aliphatic carbocycles. The van der Waals surface area contributed by atoms with E-state index in [0.717, 1.165) is 101 Å². The van der Waals surface area contributed by atoms with Crippen molar-refractivity contribution < 1.29 is 35.8 Å². The third-order valence-corrected chi connectivity index (χ3v) is 19.3. The van der Waals surface area contributed by atoms with Crippen molar-refractivity contribution in [2.45, 2.75) is 10.8 Å². The lowest BCUT2D eigenvalue weighted by Gasteiger charge is -2.35. The van der Waals surface area contributed by atoms with Crippen LogP contribution in [0.4, 0.5) is 60.5 Å². The maximum Gasteiger partial charge on any atom is 0.160 e. The van der Waals surface area contributed by atoms with Gasteiger partial charge in [0, 0.05) is 46.3 Å². The highest BCUT2D eigenvalue weighted by Gasteiger charge is 2.48. The number of fused-ring (bicyclic) bond motifs is 6. The third-order valence-electron chi connectivity index (χ3n) is 19.3. The second-order valence-corrected chi connectivity index (χ2v) is 24.8. The zero-order chi connectivity index (χ0) is 68.2. The summed E-state index contributed by atoms with van der Waals surface area (Å²) in [6.07, 6.45) is 3.54. The summed E-state index contributed by atoms with van der Waals surface area (Å²) in [5.74, 6) is -2.26. The van der Waals surface area contributed by atoms with E-state index < -0.39 is 34.1 Å². The van der Waals surface area contributed by atoms with E-state index >= 15 is 26.3 Å². The minimum atomic E-state index is -1.02. The summed E-state index contributed by atoms with van der Waals surface area (Å²) in [7, 11) is 0. The van der Waals surface area contributed by atoms with Crippen molar-refractivity contribution in [1.82, 2.24) is 0 Å². The monoisotopic (exact) mass is 1310 g/mol. The summed E-state index contributed by atoms with van der Waals surface area (Å²) in [5.41, 5.74) is 15.8. The van der Waals surface area contributed by atoms with Crippen LogP contribution in [0.1, 0.15) is 55.6 Å². The van der Waals surface area contributed by atoms with Crippen LogP contribution in [0.15, 0.2) is 329 Å². The van der Waals surface area contributed by atoms with Gasteiger partial charge in [-0.05, 0) is 235 Å². The molecule has 2 atom stereocenters. The summed E-state index contributed by atoms with van der Waals surface area (Å²) in [4.78, 5) is 3.77. The fraction of sp³-hybridized carbons (Fsp3) is 0.0222. The average molecular weight is 1310 g/mol. The molecule has 14 aromatic rings. The zero-order valence-corrected chi connectivity index (χ0v) is 53.6. The molecular weight excluding hydrogens is 1250 g/mol. The standard InChI is InChI=1S/C90H58F6N2O2/c1-3-57-13-41-73(42-14-57)99-75-45-25-63(26-46-75)89(61-21-29-65(91)30-22-61)81-11-7-5-9-77(81)79-49-37-69(53-83(79)89)97(71-39-51-85(93)87(95)55-71)67-33-17-59(18-34-67)60-19-35-68(36-20-60)98(72-40-52-86(94)88(96)56-72)70-38-50-80-78-10-6-8-12-82(78)90(84(80)54-70,62-23-31-66(92)32-24-62)64-27-47-76(48-28-64)100-74-43-15-58(4-2)16-44-74/h3-56H,1-2H2. The minimum absolute atomic E-state index is 0.360. The lowest BCUT2D eigenvalue weighted by molar-refractivity contribution is 0.482.